The molecule has 0 atom stereocenters. The first-order valence-electron chi connectivity index (χ1n) is 5.00. The van der Waals surface area contributed by atoms with Gasteiger partial charge >= 0.3 is 6.41 Å². The number of unbranched alkanes of at least 4 members (excludes halogenated alkanes) is 1. The fourth-order valence-electron chi connectivity index (χ4n) is 1.46. The summed E-state index contributed by atoms with van der Waals surface area (Å²) in [5.41, 5.74) is 3.28. The van der Waals surface area contributed by atoms with Gasteiger partial charge in [-0.3, -0.25) is 4.79 Å². The number of hydrogen-bond acceptors (Lipinski definition) is 1. The Labute approximate surface area is 85.3 Å². The third-order valence-electron chi connectivity index (χ3n) is 2.30. The molecular weight excluding hydrogens is 174 g/mol. The number of carbonyl (C=O) groups excluding carboxylic acids is 1. The van der Waals surface area contributed by atoms with Gasteiger partial charge in [0.05, 0.1) is 0 Å². The Morgan fingerprint density at radius 1 is 1.43 bits per heavy atom. The van der Waals surface area contributed by atoms with Gasteiger partial charge in [-0.25, -0.2) is 0 Å². The molecule has 0 bridgehead atoms. The highest BCUT2D eigenvalue weighted by Gasteiger charge is 1.98. The molecule has 14 heavy (non-hydrogen) atoms. The maximum absolute atomic E-state index is 10.1. The van der Waals surface area contributed by atoms with Gasteiger partial charge in [0.15, 0.2) is 0 Å². The molecule has 0 aliphatic carbocycles. The van der Waals surface area contributed by atoms with Crippen LogP contribution in [0.4, 0.5) is 5.69 Å². The molecule has 2 nitrogen and oxygen atoms in total. The van der Waals surface area contributed by atoms with E-state index < -0.39 is 0 Å². The maximum atomic E-state index is 10.1. The first-order valence-corrected chi connectivity index (χ1v) is 5.00. The van der Waals surface area contributed by atoms with Crippen molar-refractivity contribution < 1.29 is 4.79 Å². The highest BCUT2D eigenvalue weighted by molar-refractivity contribution is 5.73. The van der Waals surface area contributed by atoms with Gasteiger partial charge in [0.1, 0.15) is 0 Å². The van der Waals surface area contributed by atoms with Crippen molar-refractivity contribution in [2.45, 2.75) is 33.1 Å². The zero-order chi connectivity index (χ0) is 10.4. The van der Waals surface area contributed by atoms with Crippen LogP contribution < -0.4 is 5.32 Å². The molecule has 1 aromatic carbocycles. The van der Waals surface area contributed by atoms with Crippen molar-refractivity contribution >= 4 is 12.1 Å². The fourth-order valence-corrected chi connectivity index (χ4v) is 1.46. The second kappa shape index (κ2) is 5.43. The molecule has 0 aromatic heterocycles. The van der Waals surface area contributed by atoms with E-state index in [0.717, 1.165) is 17.7 Å². The number of amides is 1. The minimum absolute atomic E-state index is 0.847. The van der Waals surface area contributed by atoms with Crippen molar-refractivity contribution in [3.8, 4) is 0 Å². The Morgan fingerprint density at radius 3 is 2.79 bits per heavy atom. The van der Waals surface area contributed by atoms with Crippen molar-refractivity contribution in [1.82, 2.24) is 0 Å². The lowest BCUT2D eigenvalue weighted by atomic mass is 10.0. The van der Waals surface area contributed by atoms with Crippen LogP contribution in [0.25, 0.3) is 0 Å². The molecule has 0 saturated carbocycles. The standard InChI is InChI=1S/C12H16NO/c1-3-4-5-11-6-7-12(13-9-14)10(2)8-11/h6-8H,3-5H2,1-2H3,(H,13,14). The van der Waals surface area contributed by atoms with Crippen LogP contribution in [0.5, 0.6) is 0 Å². The summed E-state index contributed by atoms with van der Waals surface area (Å²) in [4.78, 5) is 10.1. The van der Waals surface area contributed by atoms with Crippen molar-refractivity contribution in [1.29, 1.82) is 0 Å². The van der Waals surface area contributed by atoms with Crippen LogP contribution in [0.3, 0.4) is 0 Å². The second-order valence-corrected chi connectivity index (χ2v) is 3.48. The SMILES string of the molecule is CCCCc1ccc(N[C]=O)c(C)c1. The van der Waals surface area contributed by atoms with E-state index in [1.54, 1.807) is 6.41 Å². The molecule has 0 spiro atoms. The fraction of sp³-hybridized carbons (Fsp3) is 0.417. The molecule has 1 aromatic rings. The second-order valence-electron chi connectivity index (χ2n) is 3.48. The third kappa shape index (κ3) is 2.87. The van der Waals surface area contributed by atoms with Crippen molar-refractivity contribution in [3.05, 3.63) is 29.3 Å². The minimum atomic E-state index is 0.847. The van der Waals surface area contributed by atoms with E-state index in [2.05, 4.69) is 24.4 Å². The number of benzene rings is 1. The van der Waals surface area contributed by atoms with Crippen molar-refractivity contribution in [2.75, 3.05) is 5.32 Å². The topological polar surface area (TPSA) is 29.1 Å². The van der Waals surface area contributed by atoms with Crippen LogP contribution >= 0.6 is 0 Å². The molecule has 0 aliphatic rings. The first-order chi connectivity index (χ1) is 6.77. The highest BCUT2D eigenvalue weighted by atomic mass is 16.1. The normalized spacial score (nSPS) is 9.86. The molecule has 0 fully saturated rings. The lowest BCUT2D eigenvalue weighted by molar-refractivity contribution is 0.561. The molecule has 0 aliphatic heterocycles. The van der Waals surface area contributed by atoms with Crippen LogP contribution in [0.2, 0.25) is 0 Å². The molecule has 1 amide bonds. The summed E-state index contributed by atoms with van der Waals surface area (Å²) < 4.78 is 0. The maximum Gasteiger partial charge on any atom is 0.314 e. The minimum Gasteiger partial charge on any atom is -0.318 e. The van der Waals surface area contributed by atoms with Crippen LogP contribution in [0.1, 0.15) is 30.9 Å². The number of rotatable bonds is 5. The monoisotopic (exact) mass is 190 g/mol. The Kier molecular flexibility index (Phi) is 4.17. The molecule has 1 rings (SSSR count). The van der Waals surface area contributed by atoms with Crippen LogP contribution in [-0.4, -0.2) is 6.41 Å². The molecule has 1 N–H and O–H groups in total. The lowest BCUT2D eigenvalue weighted by Crippen LogP contribution is -1.97. The third-order valence-corrected chi connectivity index (χ3v) is 2.30. The van der Waals surface area contributed by atoms with Crippen LogP contribution in [0.15, 0.2) is 18.2 Å². The summed E-state index contributed by atoms with van der Waals surface area (Å²) in [6.45, 7) is 4.18. The van der Waals surface area contributed by atoms with Gasteiger partial charge in [-0.2, -0.15) is 0 Å². The van der Waals surface area contributed by atoms with Gasteiger partial charge in [-0.15, -0.1) is 0 Å². The first kappa shape index (κ1) is 10.8. The van der Waals surface area contributed by atoms with Gasteiger partial charge < -0.3 is 5.32 Å². The van der Waals surface area contributed by atoms with E-state index in [4.69, 9.17) is 0 Å². The van der Waals surface area contributed by atoms with Crippen molar-refractivity contribution in [3.63, 3.8) is 0 Å². The zero-order valence-electron chi connectivity index (χ0n) is 8.76. The van der Waals surface area contributed by atoms with Gasteiger partial charge in [-0.05, 0) is 37.0 Å². The Morgan fingerprint density at radius 2 is 2.21 bits per heavy atom. The average Bonchev–Trinajstić information content (AvgIpc) is 2.19. The van der Waals surface area contributed by atoms with E-state index >= 15 is 0 Å². The summed E-state index contributed by atoms with van der Waals surface area (Å²) in [5.74, 6) is 0. The molecule has 0 saturated heterocycles. The van der Waals surface area contributed by atoms with Gasteiger partial charge in [0.25, 0.3) is 0 Å². The van der Waals surface area contributed by atoms with Crippen molar-refractivity contribution in [2.24, 2.45) is 0 Å². The lowest BCUT2D eigenvalue weighted by Gasteiger charge is -2.06. The molecule has 0 unspecified atom stereocenters. The van der Waals surface area contributed by atoms with E-state index in [-0.39, 0.29) is 0 Å². The van der Waals surface area contributed by atoms with Gasteiger partial charge in [0, 0.05) is 5.69 Å². The summed E-state index contributed by atoms with van der Waals surface area (Å²) in [6, 6.07) is 6.11. The molecule has 0 heterocycles. The Bertz CT molecular complexity index is 307. The molecular formula is C12H16NO. The number of hydrogen-bond donors (Lipinski definition) is 1. The highest BCUT2D eigenvalue weighted by Crippen LogP contribution is 2.17. The van der Waals surface area contributed by atoms with Crippen LogP contribution in [0, 0.1) is 6.92 Å². The summed E-state index contributed by atoms with van der Waals surface area (Å²) >= 11 is 0. The largest absolute Gasteiger partial charge is 0.318 e. The number of anilines is 1. The van der Waals surface area contributed by atoms with E-state index in [1.165, 1.54) is 18.4 Å². The number of nitrogens with one attached hydrogen (secondary N) is 1. The number of aryl methyl sites for hydroxylation is 2. The van der Waals surface area contributed by atoms with Crippen LogP contribution in [-0.2, 0) is 11.2 Å². The summed E-state index contributed by atoms with van der Waals surface area (Å²) in [5, 5.41) is 2.55. The van der Waals surface area contributed by atoms with E-state index in [0.29, 0.717) is 0 Å². The Balaban J connectivity index is 2.72. The summed E-state index contributed by atoms with van der Waals surface area (Å²) in [6.07, 6.45) is 5.22. The average molecular weight is 190 g/mol. The molecule has 1 radical (unpaired) electrons. The quantitative estimate of drug-likeness (QED) is 0.711. The predicted molar refractivity (Wildman–Crippen MR) is 59.1 cm³/mol. The molecule has 2 heteroatoms. The van der Waals surface area contributed by atoms with E-state index in [9.17, 15) is 4.79 Å². The zero-order valence-corrected chi connectivity index (χ0v) is 8.76. The predicted octanol–water partition coefficient (Wildman–Crippen LogP) is 2.82. The van der Waals surface area contributed by atoms with E-state index in [1.807, 2.05) is 13.0 Å². The molecule has 75 valence electrons. The summed E-state index contributed by atoms with van der Waals surface area (Å²) in [7, 11) is 0. The van der Waals surface area contributed by atoms with Gasteiger partial charge in [-0.1, -0.05) is 25.5 Å². The smallest absolute Gasteiger partial charge is 0.314 e. The Hall–Kier alpha value is -1.31. The van der Waals surface area contributed by atoms with Gasteiger partial charge in [0.2, 0.25) is 0 Å².